The third-order valence-corrected chi connectivity index (χ3v) is 7.74. The summed E-state index contributed by atoms with van der Waals surface area (Å²) in [6.45, 7) is 4.65. The molecular weight excluding hydrogens is 494 g/mol. The molecule has 2 aliphatic rings. The number of benzene rings is 1. The maximum atomic E-state index is 13.8. The van der Waals surface area contributed by atoms with Crippen molar-refractivity contribution in [3.8, 4) is 17.2 Å². The van der Waals surface area contributed by atoms with E-state index in [1.165, 1.54) is 4.88 Å². The van der Waals surface area contributed by atoms with Crippen LogP contribution in [0, 0.1) is 0 Å². The molecule has 9 heteroatoms. The van der Waals surface area contributed by atoms with Crippen molar-refractivity contribution in [1.82, 2.24) is 5.32 Å². The Morgan fingerprint density at radius 2 is 1.78 bits per heavy atom. The van der Waals surface area contributed by atoms with Gasteiger partial charge in [0, 0.05) is 52.4 Å². The minimum Gasteiger partial charge on any atom is -0.496 e. The Morgan fingerprint density at radius 3 is 2.43 bits per heavy atom. The van der Waals surface area contributed by atoms with E-state index in [9.17, 15) is 9.59 Å². The van der Waals surface area contributed by atoms with Crippen LogP contribution < -0.4 is 19.5 Å². The molecule has 37 heavy (non-hydrogen) atoms. The van der Waals surface area contributed by atoms with Gasteiger partial charge in [-0.05, 0) is 37.8 Å². The van der Waals surface area contributed by atoms with E-state index in [-0.39, 0.29) is 18.3 Å². The molecule has 4 rings (SSSR count). The first-order valence-electron chi connectivity index (χ1n) is 12.3. The SMILES string of the molecule is CCOCCOC(=O)C1=C(C)NC2=C(C(=O)CC(c3cccs3)C2)C1c1cc(OC)c(OC)cc1OC. The molecule has 1 aliphatic heterocycles. The number of thiophene rings is 1. The van der Waals surface area contributed by atoms with Crippen LogP contribution in [0.15, 0.2) is 52.2 Å². The average molecular weight is 528 g/mol. The van der Waals surface area contributed by atoms with Crippen LogP contribution >= 0.6 is 11.3 Å². The van der Waals surface area contributed by atoms with E-state index in [2.05, 4.69) is 11.4 Å². The van der Waals surface area contributed by atoms with Gasteiger partial charge in [-0.25, -0.2) is 4.79 Å². The zero-order valence-electron chi connectivity index (χ0n) is 21.8. The maximum absolute atomic E-state index is 13.8. The van der Waals surface area contributed by atoms with Gasteiger partial charge in [0.1, 0.15) is 12.4 Å². The number of methoxy groups -OCH3 is 3. The van der Waals surface area contributed by atoms with Gasteiger partial charge in [0.2, 0.25) is 0 Å². The van der Waals surface area contributed by atoms with Crippen molar-refractivity contribution >= 4 is 23.1 Å². The molecule has 8 nitrogen and oxygen atoms in total. The van der Waals surface area contributed by atoms with Gasteiger partial charge in [-0.15, -0.1) is 11.3 Å². The molecule has 2 aromatic rings. The number of dihydropyridines is 1. The number of allylic oxidation sites excluding steroid dienone is 3. The van der Waals surface area contributed by atoms with Gasteiger partial charge in [0.15, 0.2) is 17.3 Å². The molecule has 1 aliphatic carbocycles. The van der Waals surface area contributed by atoms with Crippen LogP contribution in [0.5, 0.6) is 17.2 Å². The molecule has 0 radical (unpaired) electrons. The number of hydrogen-bond acceptors (Lipinski definition) is 9. The largest absolute Gasteiger partial charge is 0.496 e. The molecule has 0 saturated carbocycles. The summed E-state index contributed by atoms with van der Waals surface area (Å²) in [5.41, 5.74) is 3.01. The van der Waals surface area contributed by atoms with E-state index < -0.39 is 11.9 Å². The Hall–Kier alpha value is -3.30. The highest BCUT2D eigenvalue weighted by Gasteiger charge is 2.43. The molecule has 2 heterocycles. The lowest BCUT2D eigenvalue weighted by atomic mass is 9.72. The molecule has 2 unspecified atom stereocenters. The van der Waals surface area contributed by atoms with Crippen molar-refractivity contribution in [1.29, 1.82) is 0 Å². The first-order valence-corrected chi connectivity index (χ1v) is 13.1. The summed E-state index contributed by atoms with van der Waals surface area (Å²) in [5.74, 6) is 0.312. The van der Waals surface area contributed by atoms with Crippen molar-refractivity contribution in [3.63, 3.8) is 0 Å². The topological polar surface area (TPSA) is 92.3 Å². The van der Waals surface area contributed by atoms with Crippen molar-refractivity contribution in [2.45, 2.75) is 38.5 Å². The Morgan fingerprint density at radius 1 is 1.05 bits per heavy atom. The zero-order valence-corrected chi connectivity index (χ0v) is 22.7. The standard InChI is InChI=1S/C28H33NO7S/c1-6-35-9-10-36-28(31)25-16(2)29-19-12-17(24-8-7-11-37-24)13-20(30)27(19)26(25)18-14-22(33-4)23(34-5)15-21(18)32-3/h7-8,11,14-15,17,26,29H,6,9-10,12-13H2,1-5H3. The molecule has 198 valence electrons. The van der Waals surface area contributed by atoms with Gasteiger partial charge >= 0.3 is 5.97 Å². The van der Waals surface area contributed by atoms with Crippen LogP contribution in [0.3, 0.4) is 0 Å². The van der Waals surface area contributed by atoms with Crippen molar-refractivity contribution in [3.05, 3.63) is 62.6 Å². The van der Waals surface area contributed by atoms with E-state index in [1.54, 1.807) is 44.8 Å². The molecular formula is C28H33NO7S. The smallest absolute Gasteiger partial charge is 0.336 e. The zero-order chi connectivity index (χ0) is 26.5. The Labute approximate surface area is 221 Å². The van der Waals surface area contributed by atoms with Crippen LogP contribution in [-0.4, -0.2) is 52.9 Å². The molecule has 1 N–H and O–H groups in total. The number of rotatable bonds is 10. The highest BCUT2D eigenvalue weighted by Crippen LogP contribution is 2.50. The molecule has 1 aromatic heterocycles. The van der Waals surface area contributed by atoms with Gasteiger partial charge in [0.25, 0.3) is 0 Å². The first-order chi connectivity index (χ1) is 17.9. The number of esters is 1. The van der Waals surface area contributed by atoms with E-state index in [0.29, 0.717) is 65.7 Å². The van der Waals surface area contributed by atoms with E-state index in [1.807, 2.05) is 25.3 Å². The number of ketones is 1. The third-order valence-electron chi connectivity index (χ3n) is 6.70. The summed E-state index contributed by atoms with van der Waals surface area (Å²) in [5, 5.41) is 5.40. The fourth-order valence-corrected chi connectivity index (χ4v) is 5.87. The molecule has 0 spiro atoms. The number of nitrogens with one attached hydrogen (secondary N) is 1. The number of carbonyl (C=O) groups excluding carboxylic acids is 2. The van der Waals surface area contributed by atoms with Gasteiger partial charge in [-0.2, -0.15) is 0 Å². The molecule has 0 bridgehead atoms. The molecule has 0 fully saturated rings. The van der Waals surface area contributed by atoms with Crippen molar-refractivity contribution in [2.75, 3.05) is 41.2 Å². The Balaban J connectivity index is 1.83. The van der Waals surface area contributed by atoms with Crippen LogP contribution in [0.1, 0.15) is 49.0 Å². The highest BCUT2D eigenvalue weighted by atomic mass is 32.1. The Bertz CT molecular complexity index is 1220. The average Bonchev–Trinajstić information content (AvgIpc) is 3.44. The third kappa shape index (κ3) is 5.38. The van der Waals surface area contributed by atoms with Crippen LogP contribution in [0.4, 0.5) is 0 Å². The minimum absolute atomic E-state index is 0.0129. The van der Waals surface area contributed by atoms with Gasteiger partial charge in [-0.1, -0.05) is 6.07 Å². The first kappa shape index (κ1) is 26.8. The molecule has 2 atom stereocenters. The summed E-state index contributed by atoms with van der Waals surface area (Å²) in [6, 6.07) is 7.56. The Kier molecular flexibility index (Phi) is 8.56. The highest BCUT2D eigenvalue weighted by molar-refractivity contribution is 7.10. The van der Waals surface area contributed by atoms with Gasteiger partial charge in [-0.3, -0.25) is 4.79 Å². The van der Waals surface area contributed by atoms with E-state index >= 15 is 0 Å². The lowest BCUT2D eigenvalue weighted by Gasteiger charge is -2.37. The van der Waals surface area contributed by atoms with E-state index in [0.717, 1.165) is 5.70 Å². The second kappa shape index (κ2) is 11.8. The summed E-state index contributed by atoms with van der Waals surface area (Å²) >= 11 is 1.65. The number of Topliss-reactive ketones (excluding diaryl/α,β-unsaturated/α-hetero) is 1. The number of hydrogen-bond donors (Lipinski definition) is 1. The monoisotopic (exact) mass is 527 g/mol. The molecule has 1 aromatic carbocycles. The van der Waals surface area contributed by atoms with E-state index in [4.69, 9.17) is 23.7 Å². The molecule has 0 saturated heterocycles. The quantitative estimate of drug-likeness (QED) is 0.351. The number of ether oxygens (including phenoxy) is 5. The fourth-order valence-electron chi connectivity index (χ4n) is 5.04. The predicted octanol–water partition coefficient (Wildman–Crippen LogP) is 4.72. The second-order valence-electron chi connectivity index (χ2n) is 8.81. The maximum Gasteiger partial charge on any atom is 0.336 e. The van der Waals surface area contributed by atoms with Crippen molar-refractivity contribution in [2.24, 2.45) is 0 Å². The van der Waals surface area contributed by atoms with Crippen molar-refractivity contribution < 1.29 is 33.3 Å². The minimum atomic E-state index is -0.692. The van der Waals surface area contributed by atoms with Crippen LogP contribution in [-0.2, 0) is 19.1 Å². The predicted molar refractivity (Wildman–Crippen MR) is 140 cm³/mol. The second-order valence-corrected chi connectivity index (χ2v) is 9.79. The lowest BCUT2D eigenvalue weighted by molar-refractivity contribution is -0.140. The van der Waals surface area contributed by atoms with Gasteiger partial charge < -0.3 is 29.0 Å². The summed E-state index contributed by atoms with van der Waals surface area (Å²) in [6.07, 6.45) is 1.02. The van der Waals surface area contributed by atoms with Crippen LogP contribution in [0.25, 0.3) is 0 Å². The summed E-state index contributed by atoms with van der Waals surface area (Å²) < 4.78 is 27.7. The fraction of sp³-hybridized carbons (Fsp3) is 0.429. The normalized spacial score (nSPS) is 19.3. The van der Waals surface area contributed by atoms with Gasteiger partial charge in [0.05, 0.1) is 39.4 Å². The van der Waals surface area contributed by atoms with Crippen LogP contribution in [0.2, 0.25) is 0 Å². The summed E-state index contributed by atoms with van der Waals surface area (Å²) in [7, 11) is 4.64. The molecule has 0 amide bonds. The number of carbonyl (C=O) groups is 2. The summed E-state index contributed by atoms with van der Waals surface area (Å²) in [4.78, 5) is 28.4. The lowest BCUT2D eigenvalue weighted by Crippen LogP contribution is -2.36.